The molecular formula is C36H39N3O6. The molecule has 0 N–H and O–H groups in total. The summed E-state index contributed by atoms with van der Waals surface area (Å²) in [7, 11) is 4.77. The molecule has 9 nitrogen and oxygen atoms in total. The maximum absolute atomic E-state index is 6.27. The lowest BCUT2D eigenvalue weighted by Gasteiger charge is -2.15. The molecule has 0 aliphatic heterocycles. The number of nitrogens with zero attached hydrogens (tertiary/aromatic N) is 3. The summed E-state index contributed by atoms with van der Waals surface area (Å²) in [6.07, 6.45) is 1.75. The average molecular weight is 610 g/mol. The number of hydrogen-bond acceptors (Lipinski definition) is 9. The summed E-state index contributed by atoms with van der Waals surface area (Å²) in [4.78, 5) is 13.5. The van der Waals surface area contributed by atoms with Gasteiger partial charge >= 0.3 is 18.0 Å². The molecule has 1 heterocycles. The van der Waals surface area contributed by atoms with Crippen molar-refractivity contribution in [2.45, 2.75) is 40.0 Å². The zero-order valence-electron chi connectivity index (χ0n) is 26.7. The molecule has 45 heavy (non-hydrogen) atoms. The Hall–Kier alpha value is -5.31. The van der Waals surface area contributed by atoms with Crippen LogP contribution in [0.2, 0.25) is 0 Å². The Labute approximate surface area is 264 Å². The van der Waals surface area contributed by atoms with Crippen LogP contribution in [0.5, 0.6) is 52.5 Å². The number of allylic oxidation sites excluding steroid dienone is 3. The lowest BCUT2D eigenvalue weighted by molar-refractivity contribution is 0.354. The van der Waals surface area contributed by atoms with Gasteiger partial charge in [-0.05, 0) is 74.9 Å². The minimum atomic E-state index is -0.0417. The van der Waals surface area contributed by atoms with Crippen LogP contribution in [0.25, 0.3) is 0 Å². The Balaban J connectivity index is 1.83. The molecular weight excluding hydrogens is 570 g/mol. The number of hydrogen-bond donors (Lipinski definition) is 0. The molecule has 4 aromatic rings. The van der Waals surface area contributed by atoms with Crippen LogP contribution in [0.3, 0.4) is 0 Å². The summed E-state index contributed by atoms with van der Waals surface area (Å²) in [5, 5.41) is 0. The summed E-state index contributed by atoms with van der Waals surface area (Å²) in [5.41, 5.74) is 5.50. The summed E-state index contributed by atoms with van der Waals surface area (Å²) in [5.74, 6) is 3.31. The Bertz CT molecular complexity index is 1500. The normalized spacial score (nSPS) is 10.5. The van der Waals surface area contributed by atoms with Crippen molar-refractivity contribution in [3.8, 4) is 52.5 Å². The molecule has 234 valence electrons. The van der Waals surface area contributed by atoms with Gasteiger partial charge in [-0.3, -0.25) is 0 Å². The van der Waals surface area contributed by atoms with Crippen LogP contribution >= 0.6 is 0 Å². The maximum atomic E-state index is 6.27. The largest absolute Gasteiger partial charge is 0.497 e. The molecule has 0 radical (unpaired) electrons. The topological polar surface area (TPSA) is 94.1 Å². The first-order valence-electron chi connectivity index (χ1n) is 14.3. The van der Waals surface area contributed by atoms with Gasteiger partial charge < -0.3 is 28.4 Å². The average Bonchev–Trinajstić information content (AvgIpc) is 2.99. The van der Waals surface area contributed by atoms with E-state index in [0.717, 1.165) is 33.4 Å². The van der Waals surface area contributed by atoms with Crippen LogP contribution in [0.1, 0.15) is 37.5 Å². The third-order valence-electron chi connectivity index (χ3n) is 6.48. The highest BCUT2D eigenvalue weighted by molar-refractivity contribution is 5.46. The van der Waals surface area contributed by atoms with E-state index in [1.54, 1.807) is 39.5 Å². The Kier molecular flexibility index (Phi) is 10.8. The van der Waals surface area contributed by atoms with Crippen LogP contribution in [-0.4, -0.2) is 36.3 Å². The van der Waals surface area contributed by atoms with E-state index < -0.39 is 0 Å². The van der Waals surface area contributed by atoms with Gasteiger partial charge in [0.15, 0.2) is 0 Å². The van der Waals surface area contributed by atoms with Crippen molar-refractivity contribution in [2.24, 2.45) is 0 Å². The molecule has 0 amide bonds. The fraction of sp³-hybridized carbons (Fsp3) is 0.250. The van der Waals surface area contributed by atoms with E-state index in [9.17, 15) is 0 Å². The van der Waals surface area contributed by atoms with E-state index in [0.29, 0.717) is 53.8 Å². The van der Waals surface area contributed by atoms with Crippen molar-refractivity contribution in [3.05, 3.63) is 108 Å². The van der Waals surface area contributed by atoms with Gasteiger partial charge in [-0.1, -0.05) is 54.7 Å². The molecule has 1 aromatic heterocycles. The van der Waals surface area contributed by atoms with Gasteiger partial charge in [-0.25, -0.2) is 0 Å². The van der Waals surface area contributed by atoms with E-state index in [-0.39, 0.29) is 18.0 Å². The van der Waals surface area contributed by atoms with Crippen LogP contribution in [-0.2, 0) is 19.3 Å². The number of benzene rings is 3. The summed E-state index contributed by atoms with van der Waals surface area (Å²) >= 11 is 0. The quantitative estimate of drug-likeness (QED) is 0.123. The molecule has 0 aliphatic carbocycles. The first-order valence-corrected chi connectivity index (χ1v) is 14.3. The van der Waals surface area contributed by atoms with Gasteiger partial charge in [0.25, 0.3) is 0 Å². The second-order valence-electron chi connectivity index (χ2n) is 10.8. The maximum Gasteiger partial charge on any atom is 0.331 e. The summed E-state index contributed by atoms with van der Waals surface area (Å²) in [6, 6.07) is 16.5. The third kappa shape index (κ3) is 9.09. The van der Waals surface area contributed by atoms with Crippen LogP contribution < -0.4 is 28.4 Å². The van der Waals surface area contributed by atoms with Crippen molar-refractivity contribution in [1.82, 2.24) is 15.0 Å². The fourth-order valence-corrected chi connectivity index (χ4v) is 4.44. The zero-order valence-corrected chi connectivity index (χ0v) is 26.7. The van der Waals surface area contributed by atoms with E-state index >= 15 is 0 Å². The second kappa shape index (κ2) is 14.9. The molecule has 3 aromatic carbocycles. The highest BCUT2D eigenvalue weighted by atomic mass is 16.5. The minimum absolute atomic E-state index is 0.0417. The van der Waals surface area contributed by atoms with Gasteiger partial charge in [0.2, 0.25) is 0 Å². The van der Waals surface area contributed by atoms with Gasteiger partial charge in [-0.15, -0.1) is 15.0 Å². The smallest absolute Gasteiger partial charge is 0.331 e. The number of methoxy groups -OCH3 is 3. The molecule has 9 heteroatoms. The minimum Gasteiger partial charge on any atom is -0.497 e. The van der Waals surface area contributed by atoms with Gasteiger partial charge in [0.1, 0.15) is 34.5 Å². The highest BCUT2D eigenvalue weighted by Gasteiger charge is 2.18. The van der Waals surface area contributed by atoms with E-state index in [2.05, 4.69) is 34.7 Å². The first kappa shape index (κ1) is 32.6. The van der Waals surface area contributed by atoms with Gasteiger partial charge in [0, 0.05) is 18.2 Å². The Morgan fingerprint density at radius 3 is 0.978 bits per heavy atom. The van der Waals surface area contributed by atoms with E-state index in [1.165, 1.54) is 0 Å². The van der Waals surface area contributed by atoms with Crippen molar-refractivity contribution in [1.29, 1.82) is 0 Å². The Morgan fingerprint density at radius 2 is 0.756 bits per heavy atom. The first-order chi connectivity index (χ1) is 21.6. The monoisotopic (exact) mass is 609 g/mol. The van der Waals surface area contributed by atoms with Crippen molar-refractivity contribution in [3.63, 3.8) is 0 Å². The SMILES string of the molecule is C=C(C)Cc1ccc(OC)cc1Oc1nc(Oc2cc(OC)ccc2CC(=C)C)nc(Oc2cc(OC)ccc2CC(=C)C)n1. The second-order valence-corrected chi connectivity index (χ2v) is 10.8. The van der Waals surface area contributed by atoms with Crippen LogP contribution in [0, 0.1) is 0 Å². The standard InChI is InChI=1S/C36H39N3O6/c1-22(2)16-25-10-13-28(40-7)19-31(25)43-34-37-35(44-32-20-29(41-8)14-11-26(32)17-23(3)4)39-36(38-34)45-33-21-30(42-9)15-12-27(33)18-24(5)6/h10-15,19-21H,1,3,5,16-18H2,2,4,6-9H3. The van der Waals surface area contributed by atoms with Crippen LogP contribution in [0.4, 0.5) is 0 Å². The van der Waals surface area contributed by atoms with Crippen molar-refractivity contribution >= 4 is 0 Å². The molecule has 0 unspecified atom stereocenters. The molecule has 0 atom stereocenters. The van der Waals surface area contributed by atoms with Gasteiger partial charge in [0.05, 0.1) is 21.3 Å². The molecule has 4 rings (SSSR count). The fourth-order valence-electron chi connectivity index (χ4n) is 4.44. The van der Waals surface area contributed by atoms with Crippen molar-refractivity contribution in [2.75, 3.05) is 21.3 Å². The van der Waals surface area contributed by atoms with Crippen LogP contribution in [0.15, 0.2) is 91.1 Å². The molecule has 0 aliphatic rings. The van der Waals surface area contributed by atoms with E-state index in [4.69, 9.17) is 28.4 Å². The molecule has 0 saturated carbocycles. The Morgan fingerprint density at radius 1 is 0.489 bits per heavy atom. The molecule has 0 bridgehead atoms. The summed E-state index contributed by atoms with van der Waals surface area (Å²) in [6.45, 7) is 18.0. The van der Waals surface area contributed by atoms with E-state index in [1.807, 2.05) is 57.2 Å². The lowest BCUT2D eigenvalue weighted by atomic mass is 10.1. The highest BCUT2D eigenvalue weighted by Crippen LogP contribution is 2.35. The molecule has 0 spiro atoms. The van der Waals surface area contributed by atoms with Gasteiger partial charge in [-0.2, -0.15) is 0 Å². The predicted molar refractivity (Wildman–Crippen MR) is 175 cm³/mol. The number of ether oxygens (including phenoxy) is 6. The predicted octanol–water partition coefficient (Wildman–Crippen LogP) is 8.63. The lowest BCUT2D eigenvalue weighted by Crippen LogP contribution is -2.04. The van der Waals surface area contributed by atoms with Crippen molar-refractivity contribution < 1.29 is 28.4 Å². The molecule has 0 saturated heterocycles. The summed E-state index contributed by atoms with van der Waals surface area (Å²) < 4.78 is 35.1. The molecule has 0 fully saturated rings. The number of rotatable bonds is 15. The third-order valence-corrected chi connectivity index (χ3v) is 6.48. The zero-order chi connectivity index (χ0) is 32.5. The number of aromatic nitrogens is 3.